The van der Waals surface area contributed by atoms with Crippen LogP contribution in [0.15, 0.2) is 40.8 Å². The van der Waals surface area contributed by atoms with Crippen molar-refractivity contribution >= 4 is 35.2 Å². The summed E-state index contributed by atoms with van der Waals surface area (Å²) in [6, 6.07) is 8.47. The standard InChI is InChI=1S/C13H8Cl2O3/c14-10-4-1-8(7-11(10)15)12-5-2-9(18-12)3-6-13(16)17/h1-7H,(H,16,17)/p-1. The van der Waals surface area contributed by atoms with Crippen LogP contribution < -0.4 is 5.11 Å². The number of aliphatic carboxylic acids is 1. The Kier molecular flexibility index (Phi) is 3.75. The van der Waals surface area contributed by atoms with Crippen molar-refractivity contribution < 1.29 is 14.3 Å². The minimum Gasteiger partial charge on any atom is -0.545 e. The second-order valence-corrected chi connectivity index (χ2v) is 4.30. The summed E-state index contributed by atoms with van der Waals surface area (Å²) in [5.74, 6) is -0.283. The maximum Gasteiger partial charge on any atom is 0.134 e. The number of carboxylic acid groups (broad SMARTS) is 1. The van der Waals surface area contributed by atoms with Crippen LogP contribution in [0.4, 0.5) is 0 Å². The number of rotatable bonds is 3. The average molecular weight is 282 g/mol. The largest absolute Gasteiger partial charge is 0.545 e. The zero-order valence-corrected chi connectivity index (χ0v) is 10.5. The van der Waals surface area contributed by atoms with E-state index in [2.05, 4.69) is 0 Å². The van der Waals surface area contributed by atoms with Crippen LogP contribution in [0.3, 0.4) is 0 Å². The fraction of sp³-hybridized carbons (Fsp3) is 0. The third-order valence-electron chi connectivity index (χ3n) is 2.21. The van der Waals surface area contributed by atoms with E-state index in [-0.39, 0.29) is 0 Å². The van der Waals surface area contributed by atoms with E-state index in [1.807, 2.05) is 0 Å². The topological polar surface area (TPSA) is 53.3 Å². The van der Waals surface area contributed by atoms with Gasteiger partial charge in [0.05, 0.1) is 16.0 Å². The predicted molar refractivity (Wildman–Crippen MR) is 68.2 cm³/mol. The van der Waals surface area contributed by atoms with Gasteiger partial charge in [0.1, 0.15) is 11.5 Å². The summed E-state index contributed by atoms with van der Waals surface area (Å²) in [6.07, 6.45) is 2.22. The van der Waals surface area contributed by atoms with E-state index in [4.69, 9.17) is 27.6 Å². The highest BCUT2D eigenvalue weighted by molar-refractivity contribution is 6.42. The zero-order chi connectivity index (χ0) is 13.1. The first kappa shape index (κ1) is 12.7. The van der Waals surface area contributed by atoms with Gasteiger partial charge in [0.15, 0.2) is 0 Å². The fourth-order valence-electron chi connectivity index (χ4n) is 1.40. The van der Waals surface area contributed by atoms with E-state index in [1.54, 1.807) is 30.3 Å². The fourth-order valence-corrected chi connectivity index (χ4v) is 1.70. The van der Waals surface area contributed by atoms with Crippen molar-refractivity contribution in [1.29, 1.82) is 0 Å². The maximum absolute atomic E-state index is 10.3. The zero-order valence-electron chi connectivity index (χ0n) is 9.02. The van der Waals surface area contributed by atoms with Crippen LogP contribution >= 0.6 is 23.2 Å². The van der Waals surface area contributed by atoms with Crippen molar-refractivity contribution in [2.24, 2.45) is 0 Å². The molecule has 0 atom stereocenters. The van der Waals surface area contributed by atoms with E-state index in [0.717, 1.165) is 11.6 Å². The lowest BCUT2D eigenvalue weighted by atomic mass is 10.2. The Balaban J connectivity index is 2.29. The summed E-state index contributed by atoms with van der Waals surface area (Å²) in [4.78, 5) is 10.3. The number of carbonyl (C=O) groups excluding carboxylic acids is 1. The van der Waals surface area contributed by atoms with E-state index in [0.29, 0.717) is 21.6 Å². The molecule has 0 saturated heterocycles. The molecule has 2 rings (SSSR count). The molecule has 0 spiro atoms. The minimum absolute atomic E-state index is 0.417. The van der Waals surface area contributed by atoms with Crippen molar-refractivity contribution in [3.63, 3.8) is 0 Å². The molecule has 2 aromatic rings. The third kappa shape index (κ3) is 2.94. The Morgan fingerprint density at radius 3 is 2.61 bits per heavy atom. The Morgan fingerprint density at radius 2 is 1.94 bits per heavy atom. The molecule has 0 fully saturated rings. The van der Waals surface area contributed by atoms with Crippen LogP contribution in [-0.4, -0.2) is 5.97 Å². The first-order valence-electron chi connectivity index (χ1n) is 5.00. The number of hydrogen-bond donors (Lipinski definition) is 0. The summed E-state index contributed by atoms with van der Waals surface area (Å²) in [6.45, 7) is 0. The molecule has 0 N–H and O–H groups in total. The first-order chi connectivity index (χ1) is 8.56. The molecule has 92 valence electrons. The molecule has 0 aliphatic carbocycles. The number of halogens is 2. The Morgan fingerprint density at radius 1 is 1.17 bits per heavy atom. The van der Waals surface area contributed by atoms with Gasteiger partial charge in [-0.1, -0.05) is 23.2 Å². The van der Waals surface area contributed by atoms with Gasteiger partial charge < -0.3 is 14.3 Å². The second-order valence-electron chi connectivity index (χ2n) is 3.48. The smallest absolute Gasteiger partial charge is 0.134 e. The molecule has 0 radical (unpaired) electrons. The monoisotopic (exact) mass is 281 g/mol. The molecule has 0 bridgehead atoms. The van der Waals surface area contributed by atoms with Gasteiger partial charge in [0, 0.05) is 5.56 Å². The molecule has 0 saturated carbocycles. The summed E-state index contributed by atoms with van der Waals surface area (Å²) < 4.78 is 5.44. The molecule has 1 aromatic carbocycles. The van der Waals surface area contributed by atoms with Crippen molar-refractivity contribution in [1.82, 2.24) is 0 Å². The Hall–Kier alpha value is -1.71. The van der Waals surface area contributed by atoms with E-state index < -0.39 is 5.97 Å². The predicted octanol–water partition coefficient (Wildman–Crippen LogP) is 3.02. The lowest BCUT2D eigenvalue weighted by Gasteiger charge is -1.99. The molecule has 1 aromatic heterocycles. The Labute approximate surface area is 113 Å². The first-order valence-corrected chi connectivity index (χ1v) is 5.76. The van der Waals surface area contributed by atoms with Crippen LogP contribution in [0.5, 0.6) is 0 Å². The Bertz CT molecular complexity index is 614. The summed E-state index contributed by atoms with van der Waals surface area (Å²) in [5, 5.41) is 11.2. The van der Waals surface area contributed by atoms with E-state index >= 15 is 0 Å². The third-order valence-corrected chi connectivity index (χ3v) is 2.95. The highest BCUT2D eigenvalue weighted by Gasteiger charge is 2.05. The minimum atomic E-state index is -1.28. The lowest BCUT2D eigenvalue weighted by Crippen LogP contribution is -2.18. The van der Waals surface area contributed by atoms with Gasteiger partial charge in [-0.3, -0.25) is 0 Å². The van der Waals surface area contributed by atoms with Crippen LogP contribution in [0, 0.1) is 0 Å². The number of hydrogen-bond acceptors (Lipinski definition) is 3. The molecular formula is C13H7Cl2O3-. The summed E-state index contributed by atoms with van der Waals surface area (Å²) in [7, 11) is 0. The molecule has 0 aliphatic heterocycles. The second kappa shape index (κ2) is 5.29. The van der Waals surface area contributed by atoms with Gasteiger partial charge >= 0.3 is 0 Å². The van der Waals surface area contributed by atoms with E-state index in [1.165, 1.54) is 6.08 Å². The number of furan rings is 1. The maximum atomic E-state index is 10.3. The average Bonchev–Trinajstić information content (AvgIpc) is 2.79. The SMILES string of the molecule is O=C([O-])C=Cc1ccc(-c2ccc(Cl)c(Cl)c2)o1. The summed E-state index contributed by atoms with van der Waals surface area (Å²) in [5.41, 5.74) is 0.762. The molecule has 1 heterocycles. The molecule has 0 amide bonds. The molecule has 0 aliphatic rings. The van der Waals surface area contributed by atoms with Crippen LogP contribution in [0.1, 0.15) is 5.76 Å². The highest BCUT2D eigenvalue weighted by atomic mass is 35.5. The quantitative estimate of drug-likeness (QED) is 0.813. The molecule has 5 heteroatoms. The molecule has 0 unspecified atom stereocenters. The van der Waals surface area contributed by atoms with Crippen molar-refractivity contribution in [3.8, 4) is 11.3 Å². The van der Waals surface area contributed by atoms with Gasteiger partial charge in [0.2, 0.25) is 0 Å². The van der Waals surface area contributed by atoms with Gasteiger partial charge in [0.25, 0.3) is 0 Å². The van der Waals surface area contributed by atoms with Gasteiger partial charge in [-0.2, -0.15) is 0 Å². The number of carboxylic acids is 1. The number of carbonyl (C=O) groups is 1. The van der Waals surface area contributed by atoms with Crippen LogP contribution in [-0.2, 0) is 4.79 Å². The van der Waals surface area contributed by atoms with Gasteiger partial charge in [-0.05, 0) is 42.5 Å². The van der Waals surface area contributed by atoms with E-state index in [9.17, 15) is 9.90 Å². The van der Waals surface area contributed by atoms with Gasteiger partial charge in [-0.25, -0.2) is 0 Å². The highest BCUT2D eigenvalue weighted by Crippen LogP contribution is 2.29. The number of benzene rings is 1. The van der Waals surface area contributed by atoms with Gasteiger partial charge in [-0.15, -0.1) is 0 Å². The normalized spacial score (nSPS) is 11.0. The van der Waals surface area contributed by atoms with Crippen molar-refractivity contribution in [2.75, 3.05) is 0 Å². The molecular weight excluding hydrogens is 275 g/mol. The van der Waals surface area contributed by atoms with Crippen LogP contribution in [0.25, 0.3) is 17.4 Å². The van der Waals surface area contributed by atoms with Crippen molar-refractivity contribution in [3.05, 3.63) is 52.2 Å². The van der Waals surface area contributed by atoms with Crippen molar-refractivity contribution in [2.45, 2.75) is 0 Å². The lowest BCUT2D eigenvalue weighted by molar-refractivity contribution is -0.297. The molecule has 3 nitrogen and oxygen atoms in total. The van der Waals surface area contributed by atoms with Crippen LogP contribution in [0.2, 0.25) is 10.0 Å². The molecule has 18 heavy (non-hydrogen) atoms. The summed E-state index contributed by atoms with van der Waals surface area (Å²) >= 11 is 11.7.